The molecule has 9 bridgehead atoms. The van der Waals surface area contributed by atoms with Crippen molar-refractivity contribution in [3.8, 4) is 11.5 Å². The monoisotopic (exact) mass is 1230 g/mol. The molecule has 1 aromatic heterocycles. The number of aromatic hydroxyl groups is 1. The summed E-state index contributed by atoms with van der Waals surface area (Å²) in [6, 6.07) is 33.1. The number of aliphatic hydroxyl groups excluding tert-OH is 3. The Morgan fingerprint density at radius 2 is 1.58 bits per heavy atom. The zero-order valence-electron chi connectivity index (χ0n) is 48.1. The molecule has 13 nitrogen and oxygen atoms in total. The predicted octanol–water partition coefficient (Wildman–Crippen LogP) is 10.4. The fourth-order valence-electron chi connectivity index (χ4n) is 20.7. The molecule has 19 atom stereocenters. The highest BCUT2D eigenvalue weighted by Gasteiger charge is 2.84. The van der Waals surface area contributed by atoms with Gasteiger partial charge in [-0.05, 0) is 175 Å². The van der Waals surface area contributed by atoms with Crippen LogP contribution in [-0.4, -0.2) is 132 Å². The summed E-state index contributed by atoms with van der Waals surface area (Å²) in [6.45, 7) is 0.798. The maximum Gasteiger partial charge on any atom is 0.343 e. The Morgan fingerprint density at radius 1 is 0.788 bits per heavy atom. The first-order chi connectivity index (χ1) is 41.4. The van der Waals surface area contributed by atoms with E-state index in [1.54, 1.807) is 10.8 Å². The van der Waals surface area contributed by atoms with Crippen LogP contribution >= 0.6 is 43.2 Å². The molecule has 6 aliphatic carbocycles. The molecule has 17 heteroatoms. The average Bonchev–Trinajstić information content (AvgIpc) is 1.55. The second kappa shape index (κ2) is 21.3. The van der Waals surface area contributed by atoms with Crippen LogP contribution in [0.3, 0.4) is 0 Å². The smallest absolute Gasteiger partial charge is 0.343 e. The number of carbonyl (C=O) groups excluding carboxylic acids is 1. The number of ether oxygens (including phenoxy) is 3. The number of carbonyl (C=O) groups is 1. The number of aromatic amines is 1. The van der Waals surface area contributed by atoms with E-state index >= 15 is 4.79 Å². The van der Waals surface area contributed by atoms with E-state index in [4.69, 9.17) is 14.2 Å². The van der Waals surface area contributed by atoms with Gasteiger partial charge in [0.1, 0.15) is 18.0 Å². The standard InChI is InChI=1S/C68H79N3O10S4/c1-69-53-34-82-85-55-35-83-84-54(32-70-25-24-64(21-8-3-9-22-64)39-12-4-2-5-13-39)48-31-50-46-30-47(53)59(74)65(23-20-40-15-16-41-28-45(55)44-29-42(73)17-18-49(44)66(40,41)65)61(46)80-62-58(81-68(78,60(48)75)67(50,62)77)63(76)79-57-52(33-72)71-51-19-14-38-26-36-10-6-7-11-37(36)27-43(38)56(51)57/h2,4-7,10-14,17-19,26-27,29,40-41,45-48,50,53-55,58-62,69-75,77-78H,3,8-9,15-16,20-25,28,30-35H2,1H3/t40-,41+,45-,46+,47+,48-,50+,53-,54-,55-,58+,59+,60-,61+,62-,65+,66+,67+,68-/m0/s1. The summed E-state index contributed by atoms with van der Waals surface area (Å²) in [5.74, 6) is -3.38. The number of nitrogens with one attached hydrogen (secondary N) is 3. The average molecular weight is 1230 g/mol. The number of hydrogen-bond acceptors (Lipinski definition) is 16. The van der Waals surface area contributed by atoms with Crippen LogP contribution in [0.5, 0.6) is 11.5 Å². The van der Waals surface area contributed by atoms with Gasteiger partial charge in [0, 0.05) is 63.2 Å². The Bertz CT molecular complexity index is 3570. The van der Waals surface area contributed by atoms with E-state index in [1.165, 1.54) is 30.4 Å². The largest absolute Gasteiger partial charge is 0.508 e. The molecule has 5 aromatic carbocycles. The van der Waals surface area contributed by atoms with Crippen molar-refractivity contribution in [1.82, 2.24) is 15.6 Å². The van der Waals surface area contributed by atoms with Crippen LogP contribution in [0.15, 0.2) is 97.1 Å². The maximum absolute atomic E-state index is 15.9. The van der Waals surface area contributed by atoms with Gasteiger partial charge in [-0.1, -0.05) is 129 Å². The second-order valence-corrected chi connectivity index (χ2v) is 32.6. The zero-order chi connectivity index (χ0) is 57.8. The van der Waals surface area contributed by atoms with Crippen LogP contribution < -0.4 is 15.4 Å². The summed E-state index contributed by atoms with van der Waals surface area (Å²) in [6.07, 6.45) is 5.53. The fraction of sp³-hybridized carbons (Fsp3) is 0.574. The van der Waals surface area contributed by atoms with Crippen molar-refractivity contribution in [2.45, 2.75) is 165 Å². The van der Waals surface area contributed by atoms with E-state index in [0.717, 1.165) is 90.1 Å². The van der Waals surface area contributed by atoms with Crippen LogP contribution in [0.2, 0.25) is 0 Å². The van der Waals surface area contributed by atoms with Crippen LogP contribution in [0.1, 0.15) is 112 Å². The number of aliphatic hydroxyl groups is 5. The fourth-order valence-corrected chi connectivity index (χ4v) is 27.7. The van der Waals surface area contributed by atoms with E-state index in [-0.39, 0.29) is 62.8 Å². The Balaban J connectivity index is 0.858. The molecular weight excluding hydrogens is 1150 g/mol. The number of aromatic nitrogens is 1. The number of phenolic OH excluding ortho intramolecular Hbond substituents is 1. The minimum absolute atomic E-state index is 0.0598. The second-order valence-electron chi connectivity index (χ2n) is 27.3. The van der Waals surface area contributed by atoms with Crippen LogP contribution in [-0.2, 0) is 31.7 Å². The van der Waals surface area contributed by atoms with Crippen LogP contribution in [0, 0.1) is 40.9 Å². The molecule has 6 aromatic rings. The third-order valence-electron chi connectivity index (χ3n) is 24.2. The number of phenols is 1. The number of hydrogen-bond donors (Lipinski definition) is 9. The van der Waals surface area contributed by atoms with Gasteiger partial charge in [0.15, 0.2) is 17.5 Å². The molecule has 8 heterocycles. The molecule has 2 spiro atoms. The van der Waals surface area contributed by atoms with Crippen molar-refractivity contribution >= 4 is 81.6 Å². The predicted molar refractivity (Wildman–Crippen MR) is 338 cm³/mol. The highest BCUT2D eigenvalue weighted by Crippen LogP contribution is 2.78. The molecule has 5 saturated heterocycles. The molecule has 13 aliphatic rings. The van der Waals surface area contributed by atoms with E-state index in [9.17, 15) is 30.6 Å². The number of H-pyrrole nitrogens is 1. The zero-order valence-corrected chi connectivity index (χ0v) is 51.3. The third kappa shape index (κ3) is 8.09. The molecule has 85 heavy (non-hydrogen) atoms. The quantitative estimate of drug-likeness (QED) is 0.0271. The maximum atomic E-state index is 15.9. The lowest BCUT2D eigenvalue weighted by Crippen LogP contribution is -2.80. The summed E-state index contributed by atoms with van der Waals surface area (Å²) in [4.78, 5) is 19.2. The first kappa shape index (κ1) is 56.7. The first-order valence-electron chi connectivity index (χ1n) is 31.6. The lowest BCUT2D eigenvalue weighted by atomic mass is 9.40. The van der Waals surface area contributed by atoms with Crippen molar-refractivity contribution in [3.63, 3.8) is 0 Å². The van der Waals surface area contributed by atoms with Gasteiger partial charge >= 0.3 is 5.97 Å². The summed E-state index contributed by atoms with van der Waals surface area (Å²) in [7, 11) is 9.40. The summed E-state index contributed by atoms with van der Waals surface area (Å²) in [5.41, 5.74) is 0.909. The molecule has 9 N–H and O–H groups in total. The van der Waals surface area contributed by atoms with Gasteiger partial charge in [0.25, 0.3) is 0 Å². The van der Waals surface area contributed by atoms with Crippen molar-refractivity contribution in [1.29, 1.82) is 0 Å². The number of fused-ring (bicyclic) bond motifs is 4. The number of benzene rings is 5. The SMILES string of the molecule is CN[C@H]1CSS[C@H]2CSS[C@@H](CNCCC3(c4ccccc4)CCCCC3)[C@@H]3C[C@@H]4[C@H]5C[C@H]1[C@@H](O)[C@]1(CC[C@@H]6CC[C@@H]7C[C@H]2c2cc(O)ccc2[C@@]671)[C@@H]5O[C@H]1[C@H](C(=O)Oc2c(CO)[nH]c5ccc6cc7ccccc7cc6c25)O[C@@](O)([C@H]3O)[C@@]41O. The molecule has 5 saturated carbocycles. The summed E-state index contributed by atoms with van der Waals surface area (Å²) in [5, 5.41) is 90.3. The Hall–Kier alpha value is -3.53. The highest BCUT2D eigenvalue weighted by molar-refractivity contribution is 8.78. The van der Waals surface area contributed by atoms with E-state index in [0.29, 0.717) is 36.7 Å². The molecular formula is C68H79N3O10S4. The van der Waals surface area contributed by atoms with Gasteiger partial charge in [0.05, 0.1) is 35.4 Å². The number of esters is 1. The van der Waals surface area contributed by atoms with E-state index in [2.05, 4.69) is 70.2 Å². The lowest BCUT2D eigenvalue weighted by molar-refractivity contribution is -0.381. The Labute approximate surface area is 512 Å². The molecule has 450 valence electrons. The molecule has 19 rings (SSSR count). The molecule has 0 unspecified atom stereocenters. The summed E-state index contributed by atoms with van der Waals surface area (Å²) >= 11 is 0. The normalized spacial score (nSPS) is 40.4. The van der Waals surface area contributed by atoms with Crippen molar-refractivity contribution in [3.05, 3.63) is 119 Å². The van der Waals surface area contributed by atoms with Crippen molar-refractivity contribution in [2.24, 2.45) is 40.9 Å². The number of rotatable bonds is 10. The molecule has 7 aliphatic heterocycles. The summed E-state index contributed by atoms with van der Waals surface area (Å²) < 4.78 is 21.4. The van der Waals surface area contributed by atoms with E-state index < -0.39 is 83.1 Å². The Kier molecular flexibility index (Phi) is 14.2. The minimum atomic E-state index is -2.69. The van der Waals surface area contributed by atoms with Gasteiger partial charge in [-0.25, -0.2) is 4.79 Å². The molecule has 0 radical (unpaired) electrons. The first-order valence-corrected chi connectivity index (χ1v) is 36.4. The lowest BCUT2D eigenvalue weighted by Gasteiger charge is -2.69. The van der Waals surface area contributed by atoms with Gasteiger partial charge in [-0.3, -0.25) is 0 Å². The van der Waals surface area contributed by atoms with E-state index in [1.807, 2.05) is 81.9 Å². The molecule has 0 amide bonds. The third-order valence-corrected chi connectivity index (χ3v) is 30.3. The van der Waals surface area contributed by atoms with Gasteiger partial charge in [0.2, 0.25) is 5.79 Å². The molecule has 10 fully saturated rings. The highest BCUT2D eigenvalue weighted by atomic mass is 33.1. The minimum Gasteiger partial charge on any atom is -0.508 e. The van der Waals surface area contributed by atoms with Crippen LogP contribution in [0.4, 0.5) is 0 Å². The van der Waals surface area contributed by atoms with Crippen LogP contribution in [0.25, 0.3) is 32.4 Å². The van der Waals surface area contributed by atoms with Gasteiger partial charge < -0.3 is 60.5 Å². The topological polar surface area (TPSA) is 206 Å². The Morgan fingerprint density at radius 3 is 2.39 bits per heavy atom. The van der Waals surface area contributed by atoms with Gasteiger partial charge in [-0.15, -0.1) is 0 Å². The van der Waals surface area contributed by atoms with Crippen molar-refractivity contribution < 1.29 is 49.6 Å². The van der Waals surface area contributed by atoms with Crippen molar-refractivity contribution in [2.75, 3.05) is 31.6 Å². The van der Waals surface area contributed by atoms with Gasteiger partial charge in [-0.2, -0.15) is 0 Å².